The highest BCUT2D eigenvalue weighted by atomic mass is 19.1. The molecule has 1 heterocycles. The Kier molecular flexibility index (Phi) is 4.04. The Balaban J connectivity index is 2.16. The number of hydrogen-bond acceptors (Lipinski definition) is 4. The monoisotopic (exact) mass is 254 g/mol. The highest BCUT2D eigenvalue weighted by Crippen LogP contribution is 2.27. The molecule has 1 unspecified atom stereocenters. The first kappa shape index (κ1) is 13.1. The zero-order valence-corrected chi connectivity index (χ0v) is 10.5. The number of ether oxygens (including phenoxy) is 2. The Labute approximate surface area is 106 Å². The average Bonchev–Trinajstić information content (AvgIpc) is 2.42. The zero-order chi connectivity index (χ0) is 13.0. The largest absolute Gasteiger partial charge is 0.494 e. The van der Waals surface area contributed by atoms with Crippen molar-refractivity contribution in [3.63, 3.8) is 0 Å². The van der Waals surface area contributed by atoms with Crippen molar-refractivity contribution in [2.75, 3.05) is 32.2 Å². The normalized spacial score (nSPS) is 23.7. The lowest BCUT2D eigenvalue weighted by Gasteiger charge is -2.37. The summed E-state index contributed by atoms with van der Waals surface area (Å²) >= 11 is 0. The number of nitrogens with one attached hydrogen (secondary N) is 1. The van der Waals surface area contributed by atoms with E-state index < -0.39 is 0 Å². The molecule has 1 aliphatic heterocycles. The Morgan fingerprint density at radius 1 is 1.56 bits per heavy atom. The molecule has 0 saturated carbocycles. The number of methoxy groups -OCH3 is 1. The van der Waals surface area contributed by atoms with Crippen LogP contribution in [0.2, 0.25) is 0 Å². The molecule has 1 atom stereocenters. The number of anilines is 1. The van der Waals surface area contributed by atoms with Gasteiger partial charge < -0.3 is 20.5 Å². The summed E-state index contributed by atoms with van der Waals surface area (Å²) in [6, 6.07) is 4.71. The van der Waals surface area contributed by atoms with E-state index >= 15 is 0 Å². The molecule has 1 saturated heterocycles. The Hall–Kier alpha value is -1.33. The van der Waals surface area contributed by atoms with Crippen LogP contribution in [0, 0.1) is 5.82 Å². The second-order valence-corrected chi connectivity index (χ2v) is 4.61. The van der Waals surface area contributed by atoms with Gasteiger partial charge in [-0.2, -0.15) is 0 Å². The lowest BCUT2D eigenvalue weighted by atomic mass is 9.92. The van der Waals surface area contributed by atoms with Gasteiger partial charge in [-0.15, -0.1) is 0 Å². The zero-order valence-electron chi connectivity index (χ0n) is 10.5. The molecular weight excluding hydrogens is 235 g/mol. The van der Waals surface area contributed by atoms with Gasteiger partial charge in [0, 0.05) is 24.9 Å². The molecule has 0 aromatic heterocycles. The number of hydrogen-bond donors (Lipinski definition) is 2. The van der Waals surface area contributed by atoms with E-state index in [2.05, 4.69) is 5.32 Å². The van der Waals surface area contributed by atoms with E-state index in [1.54, 1.807) is 12.1 Å². The second kappa shape index (κ2) is 5.54. The molecule has 0 aliphatic carbocycles. The first-order chi connectivity index (χ1) is 8.69. The summed E-state index contributed by atoms with van der Waals surface area (Å²) in [6.07, 6.45) is 1.92. The third kappa shape index (κ3) is 2.73. The van der Waals surface area contributed by atoms with Crippen molar-refractivity contribution in [2.24, 2.45) is 5.73 Å². The van der Waals surface area contributed by atoms with Crippen LogP contribution in [-0.2, 0) is 4.74 Å². The molecule has 5 heteroatoms. The van der Waals surface area contributed by atoms with Crippen LogP contribution in [0.4, 0.5) is 10.1 Å². The third-order valence-corrected chi connectivity index (χ3v) is 3.27. The van der Waals surface area contributed by atoms with E-state index in [-0.39, 0.29) is 17.1 Å². The van der Waals surface area contributed by atoms with Gasteiger partial charge in [-0.25, -0.2) is 4.39 Å². The van der Waals surface area contributed by atoms with Crippen molar-refractivity contribution in [3.8, 4) is 5.75 Å². The maximum absolute atomic E-state index is 13.3. The topological polar surface area (TPSA) is 56.5 Å². The first-order valence-electron chi connectivity index (χ1n) is 6.09. The van der Waals surface area contributed by atoms with E-state index in [4.69, 9.17) is 15.2 Å². The van der Waals surface area contributed by atoms with Gasteiger partial charge in [0.05, 0.1) is 19.3 Å². The summed E-state index contributed by atoms with van der Waals surface area (Å²) < 4.78 is 23.8. The van der Waals surface area contributed by atoms with E-state index in [1.807, 2.05) is 0 Å². The van der Waals surface area contributed by atoms with Gasteiger partial charge in [-0.1, -0.05) is 0 Å². The Morgan fingerprint density at radius 2 is 2.39 bits per heavy atom. The van der Waals surface area contributed by atoms with Crippen molar-refractivity contribution in [3.05, 3.63) is 24.0 Å². The molecule has 3 N–H and O–H groups in total. The molecule has 0 spiro atoms. The molecular formula is C13H19FN2O2. The van der Waals surface area contributed by atoms with Crippen LogP contribution in [0.1, 0.15) is 12.8 Å². The van der Waals surface area contributed by atoms with Crippen molar-refractivity contribution in [2.45, 2.75) is 18.4 Å². The third-order valence-electron chi connectivity index (χ3n) is 3.27. The molecule has 4 nitrogen and oxygen atoms in total. The molecule has 1 fully saturated rings. The Bertz CT molecular complexity index is 406. The van der Waals surface area contributed by atoms with Gasteiger partial charge in [0.2, 0.25) is 0 Å². The molecule has 1 aliphatic rings. The Morgan fingerprint density at radius 3 is 3.00 bits per heavy atom. The minimum absolute atomic E-state index is 0.226. The van der Waals surface area contributed by atoms with Crippen molar-refractivity contribution >= 4 is 5.69 Å². The fraction of sp³-hybridized carbons (Fsp3) is 0.538. The van der Waals surface area contributed by atoms with Crippen LogP contribution in [0.15, 0.2) is 18.2 Å². The van der Waals surface area contributed by atoms with Crippen molar-refractivity contribution < 1.29 is 13.9 Å². The van der Waals surface area contributed by atoms with Crippen LogP contribution >= 0.6 is 0 Å². The van der Waals surface area contributed by atoms with E-state index in [0.717, 1.165) is 25.1 Å². The number of benzene rings is 1. The number of halogens is 1. The minimum atomic E-state index is -0.371. The molecule has 0 bridgehead atoms. The predicted molar refractivity (Wildman–Crippen MR) is 68.4 cm³/mol. The number of rotatable bonds is 4. The molecule has 18 heavy (non-hydrogen) atoms. The van der Waals surface area contributed by atoms with Crippen molar-refractivity contribution in [1.29, 1.82) is 0 Å². The molecule has 1 aromatic rings. The van der Waals surface area contributed by atoms with Crippen LogP contribution in [0.25, 0.3) is 0 Å². The second-order valence-electron chi connectivity index (χ2n) is 4.61. The molecule has 2 rings (SSSR count). The smallest absolute Gasteiger partial charge is 0.165 e. The highest BCUT2D eigenvalue weighted by Gasteiger charge is 2.31. The fourth-order valence-corrected chi connectivity index (χ4v) is 2.21. The minimum Gasteiger partial charge on any atom is -0.494 e. The highest BCUT2D eigenvalue weighted by molar-refractivity contribution is 5.51. The van der Waals surface area contributed by atoms with Crippen molar-refractivity contribution in [1.82, 2.24) is 0 Å². The molecule has 1 aromatic carbocycles. The summed E-state index contributed by atoms with van der Waals surface area (Å²) in [4.78, 5) is 0. The summed E-state index contributed by atoms with van der Waals surface area (Å²) in [5.74, 6) is -0.145. The quantitative estimate of drug-likeness (QED) is 0.859. The summed E-state index contributed by atoms with van der Waals surface area (Å²) in [5, 5.41) is 3.35. The molecule has 0 radical (unpaired) electrons. The van der Waals surface area contributed by atoms with E-state index in [1.165, 1.54) is 13.2 Å². The summed E-state index contributed by atoms with van der Waals surface area (Å²) in [6.45, 7) is 1.83. The van der Waals surface area contributed by atoms with E-state index in [9.17, 15) is 4.39 Å². The van der Waals surface area contributed by atoms with Gasteiger partial charge in [0.1, 0.15) is 0 Å². The lowest BCUT2D eigenvalue weighted by molar-refractivity contribution is 0.0502. The van der Waals surface area contributed by atoms with Gasteiger partial charge in [0.25, 0.3) is 0 Å². The van der Waals surface area contributed by atoms with Gasteiger partial charge >= 0.3 is 0 Å². The van der Waals surface area contributed by atoms with Gasteiger partial charge in [-0.3, -0.25) is 0 Å². The van der Waals surface area contributed by atoms with Crippen LogP contribution < -0.4 is 15.8 Å². The van der Waals surface area contributed by atoms with Crippen LogP contribution in [0.3, 0.4) is 0 Å². The number of nitrogens with two attached hydrogens (primary N) is 1. The van der Waals surface area contributed by atoms with E-state index in [0.29, 0.717) is 13.2 Å². The van der Waals surface area contributed by atoms with Gasteiger partial charge in [0.15, 0.2) is 11.6 Å². The lowest BCUT2D eigenvalue weighted by Crippen LogP contribution is -2.51. The van der Waals surface area contributed by atoms with Crippen LogP contribution in [0.5, 0.6) is 5.75 Å². The summed E-state index contributed by atoms with van der Waals surface area (Å²) in [5.41, 5.74) is 6.37. The average molecular weight is 254 g/mol. The first-order valence-corrected chi connectivity index (χ1v) is 6.09. The summed E-state index contributed by atoms with van der Waals surface area (Å²) in [7, 11) is 1.45. The molecule has 0 amide bonds. The standard InChI is InChI=1S/C13H19FN2O2/c1-17-12-7-10(3-4-11(12)14)16-13(8-15)5-2-6-18-9-13/h3-4,7,16H,2,5-6,8-9,15H2,1H3. The maximum Gasteiger partial charge on any atom is 0.165 e. The predicted octanol–water partition coefficient (Wildman–Crippen LogP) is 1.75. The van der Waals surface area contributed by atoms with Gasteiger partial charge in [-0.05, 0) is 25.0 Å². The maximum atomic E-state index is 13.3. The fourth-order valence-electron chi connectivity index (χ4n) is 2.21. The van der Waals surface area contributed by atoms with Crippen LogP contribution in [-0.4, -0.2) is 32.4 Å². The SMILES string of the molecule is COc1cc(NC2(CN)CCCOC2)ccc1F. The molecule has 100 valence electrons.